The van der Waals surface area contributed by atoms with Crippen molar-refractivity contribution in [1.82, 2.24) is 4.90 Å². The Balaban J connectivity index is 0.00000144. The highest BCUT2D eigenvalue weighted by Crippen LogP contribution is 2.19. The molecule has 4 heteroatoms. The van der Waals surface area contributed by atoms with Crippen LogP contribution in [0.5, 0.6) is 0 Å². The summed E-state index contributed by atoms with van der Waals surface area (Å²) in [6.45, 7) is 4.23. The van der Waals surface area contributed by atoms with Crippen LogP contribution in [0.25, 0.3) is 0 Å². The molecule has 2 rings (SSSR count). The van der Waals surface area contributed by atoms with E-state index in [4.69, 9.17) is 5.73 Å². The lowest BCUT2D eigenvalue weighted by Crippen LogP contribution is -2.34. The van der Waals surface area contributed by atoms with E-state index in [-0.39, 0.29) is 12.4 Å². The van der Waals surface area contributed by atoms with Crippen LogP contribution in [0, 0.1) is 0 Å². The number of likely N-dealkylation sites (tertiary alicyclic amines) is 1. The highest BCUT2D eigenvalue weighted by atomic mass is 35.5. The number of nitrogens with two attached hydrogens (primary N) is 1. The number of aryl methyl sites for hydroxylation is 1. The standard InChI is InChI=1S/C13H19N3.ClH/c1-2-11-7-3-4-8-12(11)15-13(14)16-9-5-6-10-16;/h3-4,7-8H,2,5-6,9-10H2,1H3,(H2,14,15);1H. The summed E-state index contributed by atoms with van der Waals surface area (Å²) in [5.74, 6) is 0.665. The van der Waals surface area contributed by atoms with E-state index >= 15 is 0 Å². The van der Waals surface area contributed by atoms with Gasteiger partial charge < -0.3 is 10.6 Å². The maximum absolute atomic E-state index is 6.01. The molecule has 1 aromatic carbocycles. The first-order valence-corrected chi connectivity index (χ1v) is 5.98. The molecule has 1 fully saturated rings. The van der Waals surface area contributed by atoms with Gasteiger partial charge in [0.2, 0.25) is 0 Å². The Hall–Kier alpha value is -1.22. The van der Waals surface area contributed by atoms with Crippen LogP contribution >= 0.6 is 12.4 Å². The quantitative estimate of drug-likeness (QED) is 0.651. The summed E-state index contributed by atoms with van der Waals surface area (Å²) in [7, 11) is 0. The van der Waals surface area contributed by atoms with Gasteiger partial charge in [0.05, 0.1) is 5.69 Å². The van der Waals surface area contributed by atoms with Crippen molar-refractivity contribution >= 4 is 24.1 Å². The van der Waals surface area contributed by atoms with E-state index in [0.29, 0.717) is 5.96 Å². The molecule has 1 saturated heterocycles. The molecule has 0 amide bonds. The zero-order chi connectivity index (χ0) is 11.4. The molecule has 0 unspecified atom stereocenters. The second-order valence-electron chi connectivity index (χ2n) is 4.15. The molecule has 0 spiro atoms. The largest absolute Gasteiger partial charge is 0.369 e. The van der Waals surface area contributed by atoms with E-state index in [1.807, 2.05) is 18.2 Å². The normalized spacial score (nSPS) is 15.8. The van der Waals surface area contributed by atoms with Crippen LogP contribution in [0.1, 0.15) is 25.3 Å². The Kier molecular flexibility index (Phi) is 5.29. The SMILES string of the molecule is CCc1ccccc1N=C(N)N1CCCC1.Cl. The van der Waals surface area contributed by atoms with Crippen molar-refractivity contribution in [2.45, 2.75) is 26.2 Å². The topological polar surface area (TPSA) is 41.6 Å². The van der Waals surface area contributed by atoms with Gasteiger partial charge in [-0.25, -0.2) is 4.99 Å². The lowest BCUT2D eigenvalue weighted by molar-refractivity contribution is 0.513. The van der Waals surface area contributed by atoms with E-state index in [0.717, 1.165) is 25.2 Å². The first-order valence-electron chi connectivity index (χ1n) is 5.98. The monoisotopic (exact) mass is 253 g/mol. The Morgan fingerprint density at radius 3 is 2.59 bits per heavy atom. The van der Waals surface area contributed by atoms with Crippen LogP contribution < -0.4 is 5.73 Å². The maximum Gasteiger partial charge on any atom is 0.196 e. The van der Waals surface area contributed by atoms with E-state index < -0.39 is 0 Å². The lowest BCUT2D eigenvalue weighted by Gasteiger charge is -2.16. The minimum atomic E-state index is 0. The van der Waals surface area contributed by atoms with Crippen LogP contribution in [0.2, 0.25) is 0 Å². The van der Waals surface area contributed by atoms with Gasteiger partial charge in [0.1, 0.15) is 0 Å². The Labute approximate surface area is 109 Å². The van der Waals surface area contributed by atoms with Crippen molar-refractivity contribution in [2.75, 3.05) is 13.1 Å². The summed E-state index contributed by atoms with van der Waals surface area (Å²) in [6, 6.07) is 8.19. The van der Waals surface area contributed by atoms with Crippen molar-refractivity contribution in [3.63, 3.8) is 0 Å². The van der Waals surface area contributed by atoms with Crippen LogP contribution in [-0.4, -0.2) is 23.9 Å². The number of hydrogen-bond acceptors (Lipinski definition) is 1. The average Bonchev–Trinajstić information content (AvgIpc) is 2.83. The van der Waals surface area contributed by atoms with E-state index in [9.17, 15) is 0 Å². The minimum absolute atomic E-state index is 0. The summed E-state index contributed by atoms with van der Waals surface area (Å²) in [5.41, 5.74) is 8.27. The second-order valence-corrected chi connectivity index (χ2v) is 4.15. The number of para-hydroxylation sites is 1. The lowest BCUT2D eigenvalue weighted by atomic mass is 10.1. The highest BCUT2D eigenvalue weighted by Gasteiger charge is 2.13. The first kappa shape index (κ1) is 13.8. The van der Waals surface area contributed by atoms with Crippen molar-refractivity contribution < 1.29 is 0 Å². The van der Waals surface area contributed by atoms with Gasteiger partial charge in [-0.05, 0) is 30.9 Å². The smallest absolute Gasteiger partial charge is 0.196 e. The number of aliphatic imine (C=N–C) groups is 1. The van der Waals surface area contributed by atoms with Crippen molar-refractivity contribution in [2.24, 2.45) is 10.7 Å². The van der Waals surface area contributed by atoms with Crippen molar-refractivity contribution in [3.05, 3.63) is 29.8 Å². The van der Waals surface area contributed by atoms with Crippen molar-refractivity contribution in [1.29, 1.82) is 0 Å². The van der Waals surface area contributed by atoms with Crippen LogP contribution in [0.4, 0.5) is 5.69 Å². The van der Waals surface area contributed by atoms with E-state index in [2.05, 4.69) is 22.9 Å². The molecule has 0 aromatic heterocycles. The van der Waals surface area contributed by atoms with Gasteiger partial charge in [-0.15, -0.1) is 12.4 Å². The summed E-state index contributed by atoms with van der Waals surface area (Å²) in [4.78, 5) is 6.69. The van der Waals surface area contributed by atoms with Crippen molar-refractivity contribution in [3.8, 4) is 0 Å². The Bertz CT molecular complexity index is 384. The van der Waals surface area contributed by atoms with E-state index in [1.165, 1.54) is 18.4 Å². The molecule has 0 atom stereocenters. The molecule has 3 nitrogen and oxygen atoms in total. The first-order chi connectivity index (χ1) is 7.81. The molecule has 1 aliphatic rings. The number of guanidine groups is 1. The number of halogens is 1. The third kappa shape index (κ3) is 3.37. The Morgan fingerprint density at radius 2 is 1.94 bits per heavy atom. The molecule has 1 heterocycles. The Morgan fingerprint density at radius 1 is 1.29 bits per heavy atom. The zero-order valence-electron chi connectivity index (χ0n) is 10.2. The predicted molar refractivity (Wildman–Crippen MR) is 75.2 cm³/mol. The molecular formula is C13H20ClN3. The third-order valence-corrected chi connectivity index (χ3v) is 3.04. The average molecular weight is 254 g/mol. The van der Waals surface area contributed by atoms with Gasteiger partial charge in [-0.3, -0.25) is 0 Å². The minimum Gasteiger partial charge on any atom is -0.369 e. The fourth-order valence-electron chi connectivity index (χ4n) is 2.06. The van der Waals surface area contributed by atoms with Gasteiger partial charge in [0.15, 0.2) is 5.96 Å². The summed E-state index contributed by atoms with van der Waals surface area (Å²) >= 11 is 0. The summed E-state index contributed by atoms with van der Waals surface area (Å²) in [6.07, 6.45) is 3.45. The predicted octanol–water partition coefficient (Wildman–Crippen LogP) is 2.71. The summed E-state index contributed by atoms with van der Waals surface area (Å²) in [5, 5.41) is 0. The number of rotatable bonds is 2. The number of nitrogens with zero attached hydrogens (tertiary/aromatic N) is 2. The van der Waals surface area contributed by atoms with Crippen LogP contribution in [0.15, 0.2) is 29.3 Å². The third-order valence-electron chi connectivity index (χ3n) is 3.04. The molecule has 0 radical (unpaired) electrons. The molecule has 0 saturated carbocycles. The highest BCUT2D eigenvalue weighted by molar-refractivity contribution is 5.85. The molecule has 94 valence electrons. The van der Waals surface area contributed by atoms with Gasteiger partial charge in [-0.2, -0.15) is 0 Å². The number of hydrogen-bond donors (Lipinski definition) is 1. The van der Waals surface area contributed by atoms with Gasteiger partial charge in [0, 0.05) is 13.1 Å². The molecule has 17 heavy (non-hydrogen) atoms. The maximum atomic E-state index is 6.01. The zero-order valence-corrected chi connectivity index (χ0v) is 11.0. The van der Waals surface area contributed by atoms with Gasteiger partial charge in [0.25, 0.3) is 0 Å². The van der Waals surface area contributed by atoms with Crippen LogP contribution in [0.3, 0.4) is 0 Å². The fraction of sp³-hybridized carbons (Fsp3) is 0.462. The second kappa shape index (κ2) is 6.50. The summed E-state index contributed by atoms with van der Waals surface area (Å²) < 4.78 is 0. The van der Waals surface area contributed by atoms with E-state index in [1.54, 1.807) is 0 Å². The van der Waals surface area contributed by atoms with Gasteiger partial charge in [-0.1, -0.05) is 25.1 Å². The van der Waals surface area contributed by atoms with Crippen LogP contribution in [-0.2, 0) is 6.42 Å². The van der Waals surface area contributed by atoms with Gasteiger partial charge >= 0.3 is 0 Å². The molecule has 0 bridgehead atoms. The molecular weight excluding hydrogens is 234 g/mol. The molecule has 1 aliphatic heterocycles. The number of benzene rings is 1. The molecule has 1 aromatic rings. The fourth-order valence-corrected chi connectivity index (χ4v) is 2.06. The molecule has 0 aliphatic carbocycles. The molecule has 2 N–H and O–H groups in total.